The first-order chi connectivity index (χ1) is 28.8. The van der Waals surface area contributed by atoms with E-state index < -0.39 is 11.2 Å². The fourth-order valence-electron chi connectivity index (χ4n) is 9.93. The van der Waals surface area contributed by atoms with Crippen LogP contribution in [0.2, 0.25) is 0 Å². The average Bonchev–Trinajstić information content (AvgIpc) is 3.38. The van der Waals surface area contributed by atoms with Gasteiger partial charge in [-0.15, -0.1) is 0 Å². The zero-order valence-electron chi connectivity index (χ0n) is 35.1. The van der Waals surface area contributed by atoms with Crippen molar-refractivity contribution in [1.29, 1.82) is 0 Å². The van der Waals surface area contributed by atoms with Gasteiger partial charge in [-0.3, -0.25) is 0 Å². The van der Waals surface area contributed by atoms with E-state index in [4.69, 9.17) is 28.4 Å². The average molecular weight is 788 g/mol. The molecule has 1 fully saturated rings. The Morgan fingerprint density at radius 2 is 1.31 bits per heavy atom. The molecule has 1 aliphatic carbocycles. The Balaban J connectivity index is 1.36. The van der Waals surface area contributed by atoms with Crippen LogP contribution in [0.1, 0.15) is 67.9 Å². The molecule has 0 N–H and O–H groups in total. The smallest absolute Gasteiger partial charge is 0.178 e. The Morgan fingerprint density at radius 3 is 1.93 bits per heavy atom. The lowest BCUT2D eigenvalue weighted by Crippen LogP contribution is -2.45. The first kappa shape index (κ1) is 38.7. The molecule has 3 aliphatic rings. The number of ether oxygens (including phenoxy) is 6. The van der Waals surface area contributed by atoms with Gasteiger partial charge in [0.2, 0.25) is 0 Å². The molecule has 0 amide bonds. The fraction of sp³-hybridized carbons (Fsp3) is 0.308. The summed E-state index contributed by atoms with van der Waals surface area (Å²) in [6.45, 7) is 8.20. The highest BCUT2D eigenvalue weighted by Crippen LogP contribution is 2.59. The van der Waals surface area contributed by atoms with Crippen LogP contribution in [0.25, 0.3) is 39.1 Å². The van der Waals surface area contributed by atoms with E-state index in [0.717, 1.165) is 110 Å². The molecule has 0 bridgehead atoms. The van der Waals surface area contributed by atoms with Crippen molar-refractivity contribution in [2.45, 2.75) is 63.4 Å². The molecule has 7 heteroatoms. The van der Waals surface area contributed by atoms with E-state index in [2.05, 4.69) is 135 Å². The second kappa shape index (κ2) is 15.4. The van der Waals surface area contributed by atoms with Crippen LogP contribution in [0.5, 0.6) is 23.0 Å². The van der Waals surface area contributed by atoms with Crippen molar-refractivity contribution in [2.75, 3.05) is 46.4 Å². The predicted molar refractivity (Wildman–Crippen MR) is 237 cm³/mol. The number of fused-ring (bicyclic) bond motifs is 10. The van der Waals surface area contributed by atoms with Crippen LogP contribution in [0, 0.1) is 0 Å². The van der Waals surface area contributed by atoms with Crippen LogP contribution in [-0.2, 0) is 20.7 Å². The van der Waals surface area contributed by atoms with Gasteiger partial charge in [-0.05, 0) is 95.9 Å². The maximum Gasteiger partial charge on any atom is 0.178 e. The predicted octanol–water partition coefficient (Wildman–Crippen LogP) is 11.6. The number of benzene rings is 6. The third-order valence-corrected chi connectivity index (χ3v) is 12.6. The van der Waals surface area contributed by atoms with Crippen LogP contribution >= 0.6 is 0 Å². The maximum atomic E-state index is 7.78. The normalized spacial score (nSPS) is 21.7. The summed E-state index contributed by atoms with van der Waals surface area (Å²) >= 11 is 0. The van der Waals surface area contributed by atoms with Crippen LogP contribution in [0.4, 0.5) is 5.69 Å². The van der Waals surface area contributed by atoms with Crippen molar-refractivity contribution in [3.63, 3.8) is 0 Å². The number of hydrogen-bond acceptors (Lipinski definition) is 7. The third-order valence-electron chi connectivity index (χ3n) is 12.6. The summed E-state index contributed by atoms with van der Waals surface area (Å²) in [7, 11) is 6.94. The summed E-state index contributed by atoms with van der Waals surface area (Å²) in [5, 5.41) is 1.92. The molecular weight excluding hydrogens is 735 g/mol. The Bertz CT molecular complexity index is 2540. The number of methoxy groups -OCH3 is 4. The Labute approximate surface area is 348 Å². The van der Waals surface area contributed by atoms with Crippen molar-refractivity contribution in [3.05, 3.63) is 143 Å². The van der Waals surface area contributed by atoms with Crippen LogP contribution in [-0.4, -0.2) is 53.7 Å². The third kappa shape index (κ3) is 6.25. The fourth-order valence-corrected chi connectivity index (χ4v) is 9.93. The van der Waals surface area contributed by atoms with Crippen molar-refractivity contribution in [1.82, 2.24) is 0 Å². The van der Waals surface area contributed by atoms with Gasteiger partial charge in [0.1, 0.15) is 17.1 Å². The molecule has 2 heterocycles. The summed E-state index contributed by atoms with van der Waals surface area (Å²) in [6.07, 6.45) is 7.58. The van der Waals surface area contributed by atoms with Gasteiger partial charge in [-0.25, -0.2) is 0 Å². The molecule has 9 rings (SSSR count). The van der Waals surface area contributed by atoms with E-state index in [9.17, 15) is 0 Å². The van der Waals surface area contributed by atoms with Crippen molar-refractivity contribution < 1.29 is 28.4 Å². The molecule has 7 nitrogen and oxygen atoms in total. The topological polar surface area (TPSA) is 58.6 Å². The van der Waals surface area contributed by atoms with Gasteiger partial charge in [-0.2, -0.15) is 0 Å². The minimum atomic E-state index is -1.00. The number of rotatable bonds is 10. The lowest BCUT2D eigenvalue weighted by molar-refractivity contribution is -0.00522. The molecule has 59 heavy (non-hydrogen) atoms. The minimum absolute atomic E-state index is 0.152. The minimum Gasteiger partial charge on any atom is -0.497 e. The Hall–Kier alpha value is -5.76. The molecule has 0 spiro atoms. The van der Waals surface area contributed by atoms with E-state index in [0.29, 0.717) is 11.5 Å². The summed E-state index contributed by atoms with van der Waals surface area (Å²) < 4.78 is 38.6. The van der Waals surface area contributed by atoms with Crippen molar-refractivity contribution in [3.8, 4) is 45.3 Å². The lowest BCUT2D eigenvalue weighted by atomic mass is 9.74. The summed E-state index contributed by atoms with van der Waals surface area (Å²) in [6, 6.07) is 38.8. The lowest BCUT2D eigenvalue weighted by Gasteiger charge is -2.41. The summed E-state index contributed by atoms with van der Waals surface area (Å²) in [5.41, 5.74) is 9.11. The van der Waals surface area contributed by atoms with Gasteiger partial charge in [0.15, 0.2) is 17.1 Å². The second-order valence-corrected chi connectivity index (χ2v) is 16.1. The number of nitrogens with zero attached hydrogens (tertiary/aromatic N) is 1. The van der Waals surface area contributed by atoms with Gasteiger partial charge < -0.3 is 33.3 Å². The van der Waals surface area contributed by atoms with Crippen LogP contribution in [0.15, 0.2) is 115 Å². The maximum absolute atomic E-state index is 7.78. The highest BCUT2D eigenvalue weighted by molar-refractivity contribution is 6.10. The molecule has 0 saturated carbocycles. The largest absolute Gasteiger partial charge is 0.497 e. The quantitative estimate of drug-likeness (QED) is 0.137. The Kier molecular flexibility index (Phi) is 10.1. The van der Waals surface area contributed by atoms with E-state index >= 15 is 0 Å². The SMILES string of the molecule is CCCCC1(OC)c2ccccc2-c2ccccc2-c2c1c1c(c3cc(OC)c(OC)cc23)OC(c2ccc(OC)cc2)(c2ccc(N3CC(C)OC(C)C3)cc2)C=C1. The standard InChI is InChI=1S/C52H53NO6/c1-8-9-27-52(57-7)45-17-13-12-15-40(45)39-14-10-11-16-41(39)48-43-29-46(55-5)47(56-6)30-44(43)50-42(49(48)52)26-28-51(59-50,36-20-24-38(54-4)25-21-36)35-18-22-37(23-19-35)53-31-33(2)58-34(3)32-53/h10-26,28-30,33-34H,8-9,27,31-32H2,1-7H3. The molecule has 1 saturated heterocycles. The van der Waals surface area contributed by atoms with E-state index in [1.54, 1.807) is 21.3 Å². The van der Waals surface area contributed by atoms with Gasteiger partial charge >= 0.3 is 0 Å². The van der Waals surface area contributed by atoms with Crippen molar-refractivity contribution >= 4 is 22.5 Å². The van der Waals surface area contributed by atoms with Gasteiger partial charge in [0, 0.05) is 53.5 Å². The van der Waals surface area contributed by atoms with Gasteiger partial charge in [0.25, 0.3) is 0 Å². The highest BCUT2D eigenvalue weighted by atomic mass is 16.5. The molecule has 4 unspecified atom stereocenters. The molecule has 4 atom stereocenters. The van der Waals surface area contributed by atoms with Crippen LogP contribution in [0.3, 0.4) is 0 Å². The molecule has 2 aliphatic heterocycles. The zero-order chi connectivity index (χ0) is 40.9. The zero-order valence-corrected chi connectivity index (χ0v) is 35.1. The monoisotopic (exact) mass is 787 g/mol. The second-order valence-electron chi connectivity index (χ2n) is 16.1. The summed E-state index contributed by atoms with van der Waals surface area (Å²) in [4.78, 5) is 2.41. The number of hydrogen-bond donors (Lipinski definition) is 0. The first-order valence-electron chi connectivity index (χ1n) is 20.8. The molecule has 302 valence electrons. The van der Waals surface area contributed by atoms with E-state index in [1.807, 2.05) is 19.2 Å². The number of unbranched alkanes of at least 4 members (excludes halogenated alkanes) is 1. The number of morpholine rings is 1. The van der Waals surface area contributed by atoms with Crippen molar-refractivity contribution in [2.24, 2.45) is 0 Å². The first-order valence-corrected chi connectivity index (χ1v) is 20.8. The molecule has 0 aromatic heterocycles. The number of anilines is 1. The molecule has 6 aromatic carbocycles. The highest BCUT2D eigenvalue weighted by Gasteiger charge is 2.47. The molecular formula is C52H53NO6. The van der Waals surface area contributed by atoms with Crippen LogP contribution < -0.4 is 23.8 Å². The Morgan fingerprint density at radius 1 is 0.695 bits per heavy atom. The van der Waals surface area contributed by atoms with Gasteiger partial charge in [0.05, 0.1) is 33.5 Å². The summed E-state index contributed by atoms with van der Waals surface area (Å²) in [5.74, 6) is 2.81. The molecule has 0 radical (unpaired) electrons. The van der Waals surface area contributed by atoms with E-state index in [1.165, 1.54) is 0 Å². The van der Waals surface area contributed by atoms with E-state index in [-0.39, 0.29) is 12.2 Å². The molecule has 6 aromatic rings. The van der Waals surface area contributed by atoms with Gasteiger partial charge in [-0.1, -0.05) is 98.6 Å².